The van der Waals surface area contributed by atoms with Gasteiger partial charge in [-0.3, -0.25) is 9.59 Å². The molecule has 1 N–H and O–H groups in total. The van der Waals surface area contributed by atoms with E-state index >= 15 is 0 Å². The van der Waals surface area contributed by atoms with Gasteiger partial charge in [0.25, 0.3) is 0 Å². The summed E-state index contributed by atoms with van der Waals surface area (Å²) < 4.78 is 0. The molecule has 7 heteroatoms. The summed E-state index contributed by atoms with van der Waals surface area (Å²) in [6, 6.07) is 11.5. The van der Waals surface area contributed by atoms with Crippen molar-refractivity contribution in [3.63, 3.8) is 0 Å². The molecule has 2 rings (SSSR count). The third-order valence-corrected chi connectivity index (χ3v) is 4.94. The van der Waals surface area contributed by atoms with Crippen molar-refractivity contribution in [2.24, 2.45) is 0 Å². The first-order valence-electron chi connectivity index (χ1n) is 8.57. The Hall–Kier alpha value is -1.75. The second-order valence-electron chi connectivity index (χ2n) is 6.13. The van der Waals surface area contributed by atoms with Crippen molar-refractivity contribution in [3.05, 3.63) is 68.7 Å². The SMILES string of the molecule is CCNC(=O)[C@H](C)N(Cc1ccc(Cl)cc1Cl)C(=O)Cc1cccc(Cl)c1. The van der Waals surface area contributed by atoms with Crippen LogP contribution in [0.3, 0.4) is 0 Å². The molecule has 0 aliphatic heterocycles. The number of carbonyl (C=O) groups is 2. The van der Waals surface area contributed by atoms with Crippen LogP contribution in [0.4, 0.5) is 0 Å². The largest absolute Gasteiger partial charge is 0.355 e. The molecule has 1 atom stereocenters. The molecule has 0 aromatic heterocycles. The molecular formula is C20H21Cl3N2O2. The number of halogens is 3. The van der Waals surface area contributed by atoms with Gasteiger partial charge in [-0.25, -0.2) is 0 Å². The summed E-state index contributed by atoms with van der Waals surface area (Å²) in [5.41, 5.74) is 1.50. The highest BCUT2D eigenvalue weighted by atomic mass is 35.5. The number of rotatable bonds is 7. The number of hydrogen-bond acceptors (Lipinski definition) is 2. The van der Waals surface area contributed by atoms with Crippen LogP contribution in [0, 0.1) is 0 Å². The molecule has 4 nitrogen and oxygen atoms in total. The van der Waals surface area contributed by atoms with E-state index in [-0.39, 0.29) is 24.8 Å². The second-order valence-corrected chi connectivity index (χ2v) is 7.41. The van der Waals surface area contributed by atoms with Crippen molar-refractivity contribution in [3.8, 4) is 0 Å². The first-order valence-corrected chi connectivity index (χ1v) is 9.70. The first kappa shape index (κ1) is 21.5. The van der Waals surface area contributed by atoms with Crippen molar-refractivity contribution in [1.29, 1.82) is 0 Å². The lowest BCUT2D eigenvalue weighted by molar-refractivity contribution is -0.140. The Morgan fingerprint density at radius 3 is 2.41 bits per heavy atom. The van der Waals surface area contributed by atoms with Crippen molar-refractivity contribution in [2.45, 2.75) is 32.9 Å². The summed E-state index contributed by atoms with van der Waals surface area (Å²) in [7, 11) is 0. The Labute approximate surface area is 174 Å². The van der Waals surface area contributed by atoms with Crippen LogP contribution in [-0.4, -0.2) is 29.3 Å². The van der Waals surface area contributed by atoms with E-state index in [2.05, 4.69) is 5.32 Å². The van der Waals surface area contributed by atoms with Crippen LogP contribution >= 0.6 is 34.8 Å². The smallest absolute Gasteiger partial charge is 0.242 e. The molecule has 0 saturated heterocycles. The quantitative estimate of drug-likeness (QED) is 0.693. The van der Waals surface area contributed by atoms with E-state index in [1.165, 1.54) is 4.90 Å². The molecule has 0 fully saturated rings. The van der Waals surface area contributed by atoms with Gasteiger partial charge in [-0.15, -0.1) is 0 Å². The number of benzene rings is 2. The summed E-state index contributed by atoms with van der Waals surface area (Å²) in [6.45, 7) is 4.22. The Morgan fingerprint density at radius 1 is 1.07 bits per heavy atom. The Bertz CT molecular complexity index is 827. The van der Waals surface area contributed by atoms with E-state index < -0.39 is 6.04 Å². The summed E-state index contributed by atoms with van der Waals surface area (Å²) in [6.07, 6.45) is 0.134. The zero-order valence-electron chi connectivity index (χ0n) is 15.1. The van der Waals surface area contributed by atoms with Gasteiger partial charge in [-0.1, -0.05) is 53.0 Å². The molecule has 0 aliphatic carbocycles. The lowest BCUT2D eigenvalue weighted by Crippen LogP contribution is -2.48. The third kappa shape index (κ3) is 6.13. The third-order valence-electron chi connectivity index (χ3n) is 4.12. The van der Waals surface area contributed by atoms with Crippen LogP contribution in [0.2, 0.25) is 15.1 Å². The summed E-state index contributed by atoms with van der Waals surface area (Å²) in [4.78, 5) is 26.8. The van der Waals surface area contributed by atoms with Crippen LogP contribution in [0.5, 0.6) is 0 Å². The molecule has 0 unspecified atom stereocenters. The average molecular weight is 428 g/mol. The molecule has 0 aliphatic rings. The fourth-order valence-corrected chi connectivity index (χ4v) is 3.34. The van der Waals surface area contributed by atoms with Gasteiger partial charge < -0.3 is 10.2 Å². The maximum Gasteiger partial charge on any atom is 0.242 e. The molecule has 2 aromatic rings. The van der Waals surface area contributed by atoms with Gasteiger partial charge in [0, 0.05) is 28.2 Å². The molecule has 0 spiro atoms. The number of amides is 2. The molecule has 2 amide bonds. The van der Waals surface area contributed by atoms with Gasteiger partial charge in [0.2, 0.25) is 11.8 Å². The molecule has 144 valence electrons. The lowest BCUT2D eigenvalue weighted by atomic mass is 10.1. The average Bonchev–Trinajstić information content (AvgIpc) is 2.60. The summed E-state index contributed by atoms with van der Waals surface area (Å²) >= 11 is 18.2. The lowest BCUT2D eigenvalue weighted by Gasteiger charge is -2.29. The van der Waals surface area contributed by atoms with Gasteiger partial charge in [0.15, 0.2) is 0 Å². The first-order chi connectivity index (χ1) is 12.8. The molecule has 0 radical (unpaired) electrons. The predicted octanol–water partition coefficient (Wildman–Crippen LogP) is 4.74. The van der Waals surface area contributed by atoms with Crippen LogP contribution in [0.1, 0.15) is 25.0 Å². The molecule has 0 saturated carbocycles. The van der Waals surface area contributed by atoms with E-state index in [1.807, 2.05) is 13.0 Å². The van der Waals surface area contributed by atoms with Gasteiger partial charge in [0.05, 0.1) is 6.42 Å². The van der Waals surface area contributed by atoms with Crippen LogP contribution in [0.15, 0.2) is 42.5 Å². The minimum absolute atomic E-state index is 0.134. The van der Waals surface area contributed by atoms with Gasteiger partial charge in [-0.2, -0.15) is 0 Å². The predicted molar refractivity (Wildman–Crippen MR) is 110 cm³/mol. The Morgan fingerprint density at radius 2 is 1.78 bits per heavy atom. The van der Waals surface area contributed by atoms with Crippen molar-refractivity contribution in [1.82, 2.24) is 10.2 Å². The second kappa shape index (κ2) is 9.98. The Balaban J connectivity index is 2.27. The van der Waals surface area contributed by atoms with Crippen molar-refractivity contribution < 1.29 is 9.59 Å². The number of carbonyl (C=O) groups excluding carboxylic acids is 2. The van der Waals surface area contributed by atoms with Crippen molar-refractivity contribution >= 4 is 46.6 Å². The minimum Gasteiger partial charge on any atom is -0.355 e. The molecule has 2 aromatic carbocycles. The monoisotopic (exact) mass is 426 g/mol. The topological polar surface area (TPSA) is 49.4 Å². The zero-order chi connectivity index (χ0) is 20.0. The number of hydrogen-bond donors (Lipinski definition) is 1. The van der Waals surface area contributed by atoms with Gasteiger partial charge >= 0.3 is 0 Å². The number of likely N-dealkylation sites (N-methyl/N-ethyl adjacent to an activating group) is 1. The highest BCUT2D eigenvalue weighted by Gasteiger charge is 2.26. The number of nitrogens with zero attached hydrogens (tertiary/aromatic N) is 1. The van der Waals surface area contributed by atoms with Crippen LogP contribution < -0.4 is 5.32 Å². The van der Waals surface area contributed by atoms with Gasteiger partial charge in [0.1, 0.15) is 6.04 Å². The molecule has 27 heavy (non-hydrogen) atoms. The normalized spacial score (nSPS) is 11.7. The Kier molecular flexibility index (Phi) is 7.96. The highest BCUT2D eigenvalue weighted by Crippen LogP contribution is 2.23. The van der Waals surface area contributed by atoms with E-state index in [9.17, 15) is 9.59 Å². The maximum atomic E-state index is 13.0. The van der Waals surface area contributed by atoms with E-state index in [0.29, 0.717) is 21.6 Å². The molecule has 0 bridgehead atoms. The van der Waals surface area contributed by atoms with Gasteiger partial charge in [-0.05, 0) is 49.2 Å². The molecular weight excluding hydrogens is 407 g/mol. The van der Waals surface area contributed by atoms with E-state index in [1.54, 1.807) is 43.3 Å². The fraction of sp³-hybridized carbons (Fsp3) is 0.300. The number of nitrogens with one attached hydrogen (secondary N) is 1. The highest BCUT2D eigenvalue weighted by molar-refractivity contribution is 6.35. The summed E-state index contributed by atoms with van der Waals surface area (Å²) in [5, 5.41) is 4.28. The fourth-order valence-electron chi connectivity index (χ4n) is 2.66. The standard InChI is InChI=1S/C20H21Cl3N2O2/c1-3-24-20(27)13(2)25(12-15-7-8-17(22)11-18(15)23)19(26)10-14-5-4-6-16(21)9-14/h4-9,11,13H,3,10,12H2,1-2H3,(H,24,27)/t13-/m0/s1. The minimum atomic E-state index is -0.650. The summed E-state index contributed by atoms with van der Waals surface area (Å²) in [5.74, 6) is -0.413. The molecule has 0 heterocycles. The zero-order valence-corrected chi connectivity index (χ0v) is 17.4. The van der Waals surface area contributed by atoms with E-state index in [0.717, 1.165) is 11.1 Å². The van der Waals surface area contributed by atoms with Crippen LogP contribution in [0.25, 0.3) is 0 Å². The van der Waals surface area contributed by atoms with Crippen molar-refractivity contribution in [2.75, 3.05) is 6.54 Å². The maximum absolute atomic E-state index is 13.0. The van der Waals surface area contributed by atoms with Crippen LogP contribution in [-0.2, 0) is 22.6 Å². The van der Waals surface area contributed by atoms with E-state index in [4.69, 9.17) is 34.8 Å².